The molecule has 6 nitrogen and oxygen atoms in total. The molecule has 0 radical (unpaired) electrons. The first-order valence-electron chi connectivity index (χ1n) is 4.42. The Morgan fingerprint density at radius 3 is 2.44 bits per heavy atom. The Hall–Kier alpha value is -2.50. The molecule has 3 N–H and O–H groups in total. The second-order valence-corrected chi connectivity index (χ2v) is 3.08. The fourth-order valence-electron chi connectivity index (χ4n) is 1.25. The van der Waals surface area contributed by atoms with Crippen LogP contribution >= 0.6 is 0 Å². The van der Waals surface area contributed by atoms with Crippen LogP contribution in [0.15, 0.2) is 31.0 Å². The Bertz CT molecular complexity index is 528. The third kappa shape index (κ3) is 1.81. The first-order chi connectivity index (χ1) is 7.68. The van der Waals surface area contributed by atoms with Crippen LogP contribution in [-0.2, 0) is 0 Å². The van der Waals surface area contributed by atoms with E-state index >= 15 is 0 Å². The molecule has 0 spiro atoms. The van der Waals surface area contributed by atoms with Gasteiger partial charge in [-0.05, 0) is 6.07 Å². The number of carbonyl (C=O) groups excluding carboxylic acids is 1. The summed E-state index contributed by atoms with van der Waals surface area (Å²) < 4.78 is 0. The summed E-state index contributed by atoms with van der Waals surface area (Å²) in [6.07, 6.45) is 5.98. The van der Waals surface area contributed by atoms with E-state index in [1.807, 2.05) is 0 Å². The van der Waals surface area contributed by atoms with Crippen LogP contribution < -0.4 is 5.73 Å². The maximum absolute atomic E-state index is 10.8. The van der Waals surface area contributed by atoms with E-state index in [0.717, 1.165) is 0 Å². The van der Waals surface area contributed by atoms with Crippen molar-refractivity contribution in [3.63, 3.8) is 0 Å². The predicted octanol–water partition coefficient (Wildman–Crippen LogP) is 0.343. The molecule has 0 atom stereocenters. The number of carbonyl (C=O) groups is 1. The number of nitrogens with two attached hydrogens (primary N) is 1. The Morgan fingerprint density at radius 1 is 1.19 bits per heavy atom. The molecule has 0 unspecified atom stereocenters. The minimum atomic E-state index is -0.770. The van der Waals surface area contributed by atoms with Gasteiger partial charge in [0, 0.05) is 29.7 Å². The standard InChI is InChI=1S/C10H8N4O2/c11-10(16)9-8(15)1-6(4-14-9)7-2-12-5-13-3-7/h1-5,15H,(H2,11,16). The smallest absolute Gasteiger partial charge is 0.271 e. The lowest BCUT2D eigenvalue weighted by atomic mass is 10.1. The summed E-state index contributed by atoms with van der Waals surface area (Å²) in [5, 5.41) is 9.52. The normalized spacial score (nSPS) is 10.0. The highest BCUT2D eigenvalue weighted by Crippen LogP contribution is 2.22. The molecule has 2 rings (SSSR count). The van der Waals surface area contributed by atoms with Gasteiger partial charge in [0.15, 0.2) is 5.69 Å². The lowest BCUT2D eigenvalue weighted by molar-refractivity contribution is 0.0993. The van der Waals surface area contributed by atoms with E-state index in [1.165, 1.54) is 18.6 Å². The second-order valence-electron chi connectivity index (χ2n) is 3.08. The Balaban J connectivity index is 2.46. The number of primary amides is 1. The molecule has 0 bridgehead atoms. The Kier molecular flexibility index (Phi) is 2.47. The van der Waals surface area contributed by atoms with Gasteiger partial charge in [-0.2, -0.15) is 0 Å². The maximum Gasteiger partial charge on any atom is 0.271 e. The predicted molar refractivity (Wildman–Crippen MR) is 55.4 cm³/mol. The van der Waals surface area contributed by atoms with E-state index in [4.69, 9.17) is 5.73 Å². The Labute approximate surface area is 90.8 Å². The molecule has 16 heavy (non-hydrogen) atoms. The quantitative estimate of drug-likeness (QED) is 0.753. The van der Waals surface area contributed by atoms with Crippen molar-refractivity contribution in [3.05, 3.63) is 36.7 Å². The lowest BCUT2D eigenvalue weighted by Gasteiger charge is -2.03. The zero-order valence-electron chi connectivity index (χ0n) is 8.16. The van der Waals surface area contributed by atoms with E-state index in [-0.39, 0.29) is 11.4 Å². The summed E-state index contributed by atoms with van der Waals surface area (Å²) in [5.74, 6) is -1.03. The number of hydrogen-bond acceptors (Lipinski definition) is 5. The average molecular weight is 216 g/mol. The van der Waals surface area contributed by atoms with Gasteiger partial charge in [-0.1, -0.05) is 0 Å². The van der Waals surface area contributed by atoms with Crippen LogP contribution in [-0.4, -0.2) is 26.0 Å². The molecular weight excluding hydrogens is 208 g/mol. The van der Waals surface area contributed by atoms with E-state index in [2.05, 4.69) is 15.0 Å². The highest BCUT2D eigenvalue weighted by molar-refractivity contribution is 5.93. The van der Waals surface area contributed by atoms with Crippen LogP contribution in [0.5, 0.6) is 5.75 Å². The van der Waals surface area contributed by atoms with Crippen molar-refractivity contribution in [2.24, 2.45) is 5.73 Å². The van der Waals surface area contributed by atoms with Gasteiger partial charge in [0.05, 0.1) is 0 Å². The van der Waals surface area contributed by atoms with Crippen LogP contribution in [0, 0.1) is 0 Å². The van der Waals surface area contributed by atoms with Crippen LogP contribution in [0.1, 0.15) is 10.5 Å². The first-order valence-corrected chi connectivity index (χ1v) is 4.42. The van der Waals surface area contributed by atoms with Crippen LogP contribution in [0.4, 0.5) is 0 Å². The number of hydrogen-bond donors (Lipinski definition) is 2. The zero-order valence-corrected chi connectivity index (χ0v) is 8.16. The second kappa shape index (κ2) is 3.93. The van der Waals surface area contributed by atoms with Gasteiger partial charge in [-0.3, -0.25) is 4.79 Å². The van der Waals surface area contributed by atoms with Gasteiger partial charge in [-0.25, -0.2) is 15.0 Å². The van der Waals surface area contributed by atoms with E-state index in [1.54, 1.807) is 12.4 Å². The fraction of sp³-hybridized carbons (Fsp3) is 0. The van der Waals surface area contributed by atoms with Gasteiger partial charge in [0.1, 0.15) is 12.1 Å². The van der Waals surface area contributed by atoms with Crippen molar-refractivity contribution in [2.75, 3.05) is 0 Å². The fourth-order valence-corrected chi connectivity index (χ4v) is 1.25. The minimum Gasteiger partial charge on any atom is -0.505 e. The van der Waals surface area contributed by atoms with E-state index in [0.29, 0.717) is 11.1 Å². The molecule has 2 aromatic rings. The van der Waals surface area contributed by atoms with Crippen molar-refractivity contribution < 1.29 is 9.90 Å². The van der Waals surface area contributed by atoms with Crippen molar-refractivity contribution >= 4 is 5.91 Å². The SMILES string of the molecule is NC(=O)c1ncc(-c2cncnc2)cc1O. The molecule has 80 valence electrons. The lowest BCUT2D eigenvalue weighted by Crippen LogP contribution is -2.13. The number of aromatic hydroxyl groups is 1. The van der Waals surface area contributed by atoms with Gasteiger partial charge in [0.25, 0.3) is 5.91 Å². The van der Waals surface area contributed by atoms with Crippen LogP contribution in [0.2, 0.25) is 0 Å². The van der Waals surface area contributed by atoms with Crippen LogP contribution in [0.25, 0.3) is 11.1 Å². The third-order valence-electron chi connectivity index (χ3n) is 1.99. The molecule has 2 heterocycles. The average Bonchev–Trinajstić information content (AvgIpc) is 2.29. The molecule has 1 amide bonds. The summed E-state index contributed by atoms with van der Waals surface area (Å²) in [5.41, 5.74) is 6.17. The molecule has 0 saturated heterocycles. The number of pyridine rings is 1. The number of rotatable bonds is 2. The number of amides is 1. The summed E-state index contributed by atoms with van der Waals surface area (Å²) in [6, 6.07) is 1.39. The maximum atomic E-state index is 10.8. The van der Waals surface area contributed by atoms with Crippen molar-refractivity contribution in [1.82, 2.24) is 15.0 Å². The highest BCUT2D eigenvalue weighted by Gasteiger charge is 2.10. The third-order valence-corrected chi connectivity index (χ3v) is 1.99. The summed E-state index contributed by atoms with van der Waals surface area (Å²) >= 11 is 0. The van der Waals surface area contributed by atoms with E-state index < -0.39 is 5.91 Å². The molecule has 0 aromatic carbocycles. The molecule has 6 heteroatoms. The van der Waals surface area contributed by atoms with Gasteiger partial charge in [0.2, 0.25) is 0 Å². The molecule has 0 aliphatic rings. The first kappa shape index (κ1) is 10.0. The van der Waals surface area contributed by atoms with Gasteiger partial charge < -0.3 is 10.8 Å². The monoisotopic (exact) mass is 216 g/mol. The molecule has 2 aromatic heterocycles. The molecule has 0 fully saturated rings. The molecular formula is C10H8N4O2. The van der Waals surface area contributed by atoms with Crippen molar-refractivity contribution in [2.45, 2.75) is 0 Å². The molecule has 0 aliphatic heterocycles. The minimum absolute atomic E-state index is 0.152. The van der Waals surface area contributed by atoms with Gasteiger partial charge in [-0.15, -0.1) is 0 Å². The van der Waals surface area contributed by atoms with E-state index in [9.17, 15) is 9.90 Å². The van der Waals surface area contributed by atoms with Gasteiger partial charge >= 0.3 is 0 Å². The zero-order chi connectivity index (χ0) is 11.5. The topological polar surface area (TPSA) is 102 Å². The Morgan fingerprint density at radius 2 is 1.88 bits per heavy atom. The van der Waals surface area contributed by atoms with Crippen molar-refractivity contribution in [1.29, 1.82) is 0 Å². The molecule has 0 saturated carbocycles. The largest absolute Gasteiger partial charge is 0.505 e. The van der Waals surface area contributed by atoms with Crippen LogP contribution in [0.3, 0.4) is 0 Å². The summed E-state index contributed by atoms with van der Waals surface area (Å²) in [7, 11) is 0. The molecule has 0 aliphatic carbocycles. The summed E-state index contributed by atoms with van der Waals surface area (Å²) in [4.78, 5) is 22.3. The number of aromatic nitrogens is 3. The number of nitrogens with zero attached hydrogens (tertiary/aromatic N) is 3. The highest BCUT2D eigenvalue weighted by atomic mass is 16.3. The summed E-state index contributed by atoms with van der Waals surface area (Å²) in [6.45, 7) is 0. The van der Waals surface area contributed by atoms with Crippen molar-refractivity contribution in [3.8, 4) is 16.9 Å².